The lowest BCUT2D eigenvalue weighted by molar-refractivity contribution is -0.120. The van der Waals surface area contributed by atoms with E-state index in [1.807, 2.05) is 35.2 Å². The number of carbonyl (C=O) groups excluding carboxylic acids is 2. The average Bonchev–Trinajstić information content (AvgIpc) is 3.32. The van der Waals surface area contributed by atoms with E-state index in [1.165, 1.54) is 11.3 Å². The minimum atomic E-state index is -0.478. The summed E-state index contributed by atoms with van der Waals surface area (Å²) in [6.07, 6.45) is 5.70. The highest BCUT2D eigenvalue weighted by Gasteiger charge is 2.29. The number of amides is 1. The van der Waals surface area contributed by atoms with Crippen molar-refractivity contribution in [3.05, 3.63) is 51.7 Å². The topological polar surface area (TPSA) is 96.3 Å². The Morgan fingerprint density at radius 1 is 1.21 bits per heavy atom. The molecule has 0 saturated carbocycles. The number of carbonyl (C=O) groups is 2. The van der Waals surface area contributed by atoms with Crippen molar-refractivity contribution in [3.63, 3.8) is 0 Å². The predicted octanol–water partition coefficient (Wildman–Crippen LogP) is 4.61. The summed E-state index contributed by atoms with van der Waals surface area (Å²) < 4.78 is 10.9. The molecule has 0 bridgehead atoms. The van der Waals surface area contributed by atoms with E-state index < -0.39 is 12.1 Å². The van der Waals surface area contributed by atoms with Gasteiger partial charge in [-0.1, -0.05) is 38.3 Å². The van der Waals surface area contributed by atoms with Crippen molar-refractivity contribution in [3.8, 4) is 0 Å². The summed E-state index contributed by atoms with van der Waals surface area (Å²) >= 11 is 1.30. The molecule has 1 aromatic carbocycles. The molecule has 2 N–H and O–H groups in total. The zero-order valence-corrected chi connectivity index (χ0v) is 20.6. The third-order valence-electron chi connectivity index (χ3n) is 5.94. The molecule has 0 spiro atoms. The Morgan fingerprint density at radius 2 is 2.00 bits per heavy atom. The second-order valence-electron chi connectivity index (χ2n) is 8.55. The van der Waals surface area contributed by atoms with E-state index in [0.29, 0.717) is 24.5 Å². The van der Waals surface area contributed by atoms with Gasteiger partial charge in [-0.3, -0.25) is 4.79 Å². The van der Waals surface area contributed by atoms with Gasteiger partial charge in [-0.2, -0.15) is 0 Å². The molecule has 7 nitrogen and oxygen atoms in total. The molecule has 3 rings (SSSR count). The molecule has 34 heavy (non-hydrogen) atoms. The lowest BCUT2D eigenvalue weighted by atomic mass is 9.99. The minimum Gasteiger partial charge on any atom is -0.459 e. The van der Waals surface area contributed by atoms with Gasteiger partial charge in [0.2, 0.25) is 5.91 Å². The van der Waals surface area contributed by atoms with Crippen LogP contribution in [0.4, 0.5) is 5.69 Å². The molecular weight excluding hydrogens is 454 g/mol. The maximum absolute atomic E-state index is 12.7. The monoisotopic (exact) mass is 489 g/mol. The van der Waals surface area contributed by atoms with Crippen molar-refractivity contribution in [2.45, 2.75) is 70.6 Å². The fourth-order valence-corrected chi connectivity index (χ4v) is 4.98. The number of anilines is 1. The van der Waals surface area contributed by atoms with Gasteiger partial charge in [0, 0.05) is 17.0 Å². The molecule has 1 aliphatic rings. The van der Waals surface area contributed by atoms with E-state index in [-0.39, 0.29) is 25.2 Å². The second-order valence-corrected chi connectivity index (χ2v) is 9.72. The van der Waals surface area contributed by atoms with Crippen molar-refractivity contribution < 1.29 is 29.3 Å². The first-order valence-corrected chi connectivity index (χ1v) is 12.9. The molecule has 1 aromatic heterocycles. The highest BCUT2D eigenvalue weighted by atomic mass is 32.1. The molecule has 8 heteroatoms. The zero-order chi connectivity index (χ0) is 24.3. The number of aliphatic hydroxyl groups is 2. The van der Waals surface area contributed by atoms with Crippen molar-refractivity contribution in [1.29, 1.82) is 0 Å². The van der Waals surface area contributed by atoms with Crippen LogP contribution >= 0.6 is 11.3 Å². The first kappa shape index (κ1) is 26.3. The molecule has 0 aliphatic carbocycles. The van der Waals surface area contributed by atoms with Crippen LogP contribution in [0.25, 0.3) is 0 Å². The average molecular weight is 490 g/mol. The number of hydrogen-bond acceptors (Lipinski definition) is 7. The SMILES string of the molecule is CCCCCC(O)c1ccc(N2C(=O)CCC[C@@H]2COCc2ccc(C(=O)OCCO)s2)cc1. The summed E-state index contributed by atoms with van der Waals surface area (Å²) in [7, 11) is 0. The third-order valence-corrected chi connectivity index (χ3v) is 6.98. The summed E-state index contributed by atoms with van der Waals surface area (Å²) in [5.74, 6) is -0.366. The molecule has 1 unspecified atom stereocenters. The van der Waals surface area contributed by atoms with Gasteiger partial charge >= 0.3 is 5.97 Å². The first-order valence-electron chi connectivity index (χ1n) is 12.1. The van der Waals surface area contributed by atoms with Crippen LogP contribution in [0, 0.1) is 0 Å². The number of ether oxygens (including phenoxy) is 2. The van der Waals surface area contributed by atoms with Crippen LogP contribution in [0.1, 0.15) is 78.1 Å². The number of aliphatic hydroxyl groups excluding tert-OH is 2. The molecule has 2 aromatic rings. The number of esters is 1. The number of hydrogen-bond donors (Lipinski definition) is 2. The lowest BCUT2D eigenvalue weighted by Gasteiger charge is -2.35. The molecular formula is C26H35NO6S. The van der Waals surface area contributed by atoms with Gasteiger partial charge in [0.1, 0.15) is 11.5 Å². The van der Waals surface area contributed by atoms with E-state index in [9.17, 15) is 14.7 Å². The van der Waals surface area contributed by atoms with Gasteiger partial charge in [0.05, 0.1) is 32.0 Å². The fraction of sp³-hybridized carbons (Fsp3) is 0.538. The molecule has 2 atom stereocenters. The van der Waals surface area contributed by atoms with Gasteiger partial charge in [0.15, 0.2) is 0 Å². The molecule has 0 radical (unpaired) electrons. The Bertz CT molecular complexity index is 912. The number of unbranched alkanes of at least 4 members (excludes halogenated alkanes) is 2. The van der Waals surface area contributed by atoms with Crippen molar-refractivity contribution in [1.82, 2.24) is 0 Å². The van der Waals surface area contributed by atoms with Gasteiger partial charge in [-0.15, -0.1) is 11.3 Å². The number of nitrogens with zero attached hydrogens (tertiary/aromatic N) is 1. The smallest absolute Gasteiger partial charge is 0.348 e. The predicted molar refractivity (Wildman–Crippen MR) is 132 cm³/mol. The van der Waals surface area contributed by atoms with Crippen LogP contribution in [0.2, 0.25) is 0 Å². The molecule has 1 saturated heterocycles. The number of thiophene rings is 1. The maximum Gasteiger partial charge on any atom is 0.348 e. The van der Waals surface area contributed by atoms with Gasteiger partial charge in [-0.25, -0.2) is 4.79 Å². The van der Waals surface area contributed by atoms with Crippen LogP contribution in [0.3, 0.4) is 0 Å². The standard InChI is InChI=1S/C26H35NO6S/c1-2-3-4-7-23(29)19-9-11-20(12-10-19)27-21(6-5-8-25(27)30)17-32-18-22-13-14-24(34-22)26(31)33-16-15-28/h9-14,21,23,28-29H,2-8,15-18H2,1H3/t21-,23?/m1/s1. The summed E-state index contributed by atoms with van der Waals surface area (Å²) in [5.41, 5.74) is 1.70. The number of piperidine rings is 1. The Kier molecular flexibility index (Phi) is 10.5. The largest absolute Gasteiger partial charge is 0.459 e. The Labute approximate surface area is 205 Å². The molecule has 1 amide bonds. The van der Waals surface area contributed by atoms with Crippen molar-refractivity contribution in [2.24, 2.45) is 0 Å². The first-order chi connectivity index (χ1) is 16.5. The maximum atomic E-state index is 12.7. The highest BCUT2D eigenvalue weighted by molar-refractivity contribution is 7.13. The van der Waals surface area contributed by atoms with E-state index >= 15 is 0 Å². The summed E-state index contributed by atoms with van der Waals surface area (Å²) in [6, 6.07) is 11.1. The van der Waals surface area contributed by atoms with E-state index in [0.717, 1.165) is 54.7 Å². The van der Waals surface area contributed by atoms with Gasteiger partial charge < -0.3 is 24.6 Å². The van der Waals surface area contributed by atoms with Crippen LogP contribution in [0.15, 0.2) is 36.4 Å². The quantitative estimate of drug-likeness (QED) is 0.315. The van der Waals surface area contributed by atoms with Crippen LogP contribution in [-0.2, 0) is 20.9 Å². The van der Waals surface area contributed by atoms with Gasteiger partial charge in [0.25, 0.3) is 0 Å². The zero-order valence-electron chi connectivity index (χ0n) is 19.8. The van der Waals surface area contributed by atoms with E-state index in [2.05, 4.69) is 6.92 Å². The lowest BCUT2D eigenvalue weighted by Crippen LogP contribution is -2.46. The van der Waals surface area contributed by atoms with Gasteiger partial charge in [-0.05, 0) is 49.1 Å². The highest BCUT2D eigenvalue weighted by Crippen LogP contribution is 2.29. The second kappa shape index (κ2) is 13.6. The number of rotatable bonds is 13. The Balaban J connectivity index is 1.56. The van der Waals surface area contributed by atoms with Crippen LogP contribution < -0.4 is 4.90 Å². The molecule has 186 valence electrons. The van der Waals surface area contributed by atoms with E-state index in [4.69, 9.17) is 14.6 Å². The number of benzene rings is 1. The molecule has 2 heterocycles. The van der Waals surface area contributed by atoms with E-state index in [1.54, 1.807) is 6.07 Å². The Hall–Kier alpha value is -2.26. The molecule has 1 aliphatic heterocycles. The minimum absolute atomic E-state index is 0.0209. The Morgan fingerprint density at radius 3 is 2.74 bits per heavy atom. The summed E-state index contributed by atoms with van der Waals surface area (Å²) in [4.78, 5) is 27.8. The summed E-state index contributed by atoms with van der Waals surface area (Å²) in [5, 5.41) is 19.2. The third kappa shape index (κ3) is 7.37. The van der Waals surface area contributed by atoms with Crippen LogP contribution in [0.5, 0.6) is 0 Å². The van der Waals surface area contributed by atoms with Crippen molar-refractivity contribution >= 4 is 28.9 Å². The van der Waals surface area contributed by atoms with Crippen molar-refractivity contribution in [2.75, 3.05) is 24.7 Å². The normalized spacial score (nSPS) is 17.1. The molecule has 1 fully saturated rings. The van der Waals surface area contributed by atoms with Crippen LogP contribution in [-0.4, -0.2) is 48.0 Å². The fourth-order valence-electron chi connectivity index (χ4n) is 4.14. The summed E-state index contributed by atoms with van der Waals surface area (Å²) in [6.45, 7) is 2.67.